The second kappa shape index (κ2) is 9.44. The Morgan fingerprint density at radius 2 is 1.83 bits per heavy atom. The van der Waals surface area contributed by atoms with E-state index in [4.69, 9.17) is 9.47 Å². The topological polar surface area (TPSA) is 128 Å². The number of ether oxygens (including phenoxy) is 2. The summed E-state index contributed by atoms with van der Waals surface area (Å²) in [6.07, 6.45) is 0.927. The molecule has 2 aromatic carbocycles. The molecule has 0 saturated carbocycles. The van der Waals surface area contributed by atoms with Crippen LogP contribution in [0.4, 0.5) is 11.4 Å². The van der Waals surface area contributed by atoms with E-state index >= 15 is 0 Å². The Labute approximate surface area is 174 Å². The molecule has 1 amide bonds. The molecular formula is C19H23N3O7S. The van der Waals surface area contributed by atoms with Crippen LogP contribution in [-0.2, 0) is 14.8 Å². The lowest BCUT2D eigenvalue weighted by Gasteiger charge is -2.23. The van der Waals surface area contributed by atoms with Crippen molar-refractivity contribution in [2.45, 2.75) is 13.0 Å². The van der Waals surface area contributed by atoms with Gasteiger partial charge in [0, 0.05) is 12.1 Å². The summed E-state index contributed by atoms with van der Waals surface area (Å²) in [5.41, 5.74) is 0.475. The Kier molecular flexibility index (Phi) is 7.22. The van der Waals surface area contributed by atoms with Crippen molar-refractivity contribution in [3.05, 3.63) is 58.1 Å². The van der Waals surface area contributed by atoms with Crippen LogP contribution in [0.5, 0.6) is 11.5 Å². The summed E-state index contributed by atoms with van der Waals surface area (Å²) in [4.78, 5) is 22.9. The van der Waals surface area contributed by atoms with Crippen LogP contribution in [-0.4, -0.2) is 46.3 Å². The molecule has 0 radical (unpaired) electrons. The van der Waals surface area contributed by atoms with Crippen LogP contribution in [0, 0.1) is 10.1 Å². The van der Waals surface area contributed by atoms with Gasteiger partial charge in [0.25, 0.3) is 5.69 Å². The van der Waals surface area contributed by atoms with E-state index in [1.54, 1.807) is 25.1 Å². The Hall–Kier alpha value is -3.34. The third-order valence-corrected chi connectivity index (χ3v) is 5.44. The molecule has 1 atom stereocenters. The van der Waals surface area contributed by atoms with E-state index in [0.717, 1.165) is 22.2 Å². The van der Waals surface area contributed by atoms with E-state index in [1.807, 2.05) is 0 Å². The Bertz CT molecular complexity index is 1040. The minimum atomic E-state index is -3.86. The van der Waals surface area contributed by atoms with Crippen LogP contribution in [0.15, 0.2) is 42.5 Å². The summed E-state index contributed by atoms with van der Waals surface area (Å²) < 4.78 is 35.7. The van der Waals surface area contributed by atoms with Crippen LogP contribution in [0.2, 0.25) is 0 Å². The highest BCUT2D eigenvalue weighted by atomic mass is 32.2. The molecule has 0 aromatic heterocycles. The zero-order chi connectivity index (χ0) is 22.5. The van der Waals surface area contributed by atoms with E-state index < -0.39 is 33.4 Å². The monoisotopic (exact) mass is 437 g/mol. The lowest BCUT2D eigenvalue weighted by molar-refractivity contribution is -0.384. The van der Waals surface area contributed by atoms with Crippen LogP contribution >= 0.6 is 0 Å². The van der Waals surface area contributed by atoms with E-state index in [9.17, 15) is 23.3 Å². The maximum atomic E-state index is 12.5. The van der Waals surface area contributed by atoms with E-state index in [2.05, 4.69) is 5.32 Å². The van der Waals surface area contributed by atoms with Gasteiger partial charge >= 0.3 is 0 Å². The SMILES string of the molecule is COc1ccc(C(C)NC(=O)CN(c2cccc([N+](=O)[O-])c2)S(C)(=O)=O)cc1OC. The third-order valence-electron chi connectivity index (χ3n) is 4.30. The number of anilines is 1. The van der Waals surface area contributed by atoms with Crippen LogP contribution < -0.4 is 19.1 Å². The summed E-state index contributed by atoms with van der Waals surface area (Å²) in [5.74, 6) is 0.452. The van der Waals surface area contributed by atoms with Gasteiger partial charge in [-0.25, -0.2) is 8.42 Å². The van der Waals surface area contributed by atoms with Crippen LogP contribution in [0.1, 0.15) is 18.5 Å². The zero-order valence-electron chi connectivity index (χ0n) is 17.0. The molecule has 11 heteroatoms. The van der Waals surface area contributed by atoms with Crippen molar-refractivity contribution in [1.29, 1.82) is 0 Å². The molecule has 0 spiro atoms. The number of sulfonamides is 1. The quantitative estimate of drug-likeness (QED) is 0.471. The predicted molar refractivity (Wildman–Crippen MR) is 111 cm³/mol. The maximum absolute atomic E-state index is 12.5. The van der Waals surface area contributed by atoms with Gasteiger partial charge in [-0.2, -0.15) is 0 Å². The summed E-state index contributed by atoms with van der Waals surface area (Å²) in [6, 6.07) is 9.79. The predicted octanol–water partition coefficient (Wildman–Crippen LogP) is 2.26. The molecule has 10 nitrogen and oxygen atoms in total. The normalized spacial score (nSPS) is 12.0. The number of carbonyl (C=O) groups is 1. The number of non-ortho nitro benzene ring substituents is 1. The Balaban J connectivity index is 2.21. The highest BCUT2D eigenvalue weighted by molar-refractivity contribution is 7.92. The first-order valence-corrected chi connectivity index (χ1v) is 10.6. The van der Waals surface area contributed by atoms with Gasteiger partial charge in [0.2, 0.25) is 15.9 Å². The van der Waals surface area contributed by atoms with Crippen molar-refractivity contribution < 1.29 is 27.6 Å². The lowest BCUT2D eigenvalue weighted by atomic mass is 10.1. The number of amides is 1. The molecule has 0 fully saturated rings. The van der Waals surface area contributed by atoms with Gasteiger partial charge in [-0.15, -0.1) is 0 Å². The number of nitrogens with zero attached hydrogens (tertiary/aromatic N) is 2. The number of rotatable bonds is 9. The van der Waals surface area contributed by atoms with Crippen molar-refractivity contribution in [3.63, 3.8) is 0 Å². The number of nitrogens with one attached hydrogen (secondary N) is 1. The average molecular weight is 437 g/mol. The van der Waals surface area contributed by atoms with Gasteiger partial charge < -0.3 is 14.8 Å². The Morgan fingerprint density at radius 3 is 2.40 bits per heavy atom. The maximum Gasteiger partial charge on any atom is 0.271 e. The lowest BCUT2D eigenvalue weighted by Crippen LogP contribution is -2.41. The molecular weight excluding hydrogens is 414 g/mol. The highest BCUT2D eigenvalue weighted by Gasteiger charge is 2.23. The number of nitro benzene ring substituents is 1. The van der Waals surface area contributed by atoms with Gasteiger partial charge in [-0.05, 0) is 30.7 Å². The average Bonchev–Trinajstić information content (AvgIpc) is 2.70. The van der Waals surface area contributed by atoms with E-state index in [0.29, 0.717) is 11.5 Å². The first-order valence-electron chi connectivity index (χ1n) is 8.80. The molecule has 0 aliphatic heterocycles. The minimum absolute atomic E-state index is 0.0284. The second-order valence-electron chi connectivity index (χ2n) is 6.45. The van der Waals surface area contributed by atoms with Crippen molar-refractivity contribution in [3.8, 4) is 11.5 Å². The molecule has 0 aliphatic carbocycles. The molecule has 30 heavy (non-hydrogen) atoms. The second-order valence-corrected chi connectivity index (χ2v) is 8.36. The fraction of sp³-hybridized carbons (Fsp3) is 0.316. The van der Waals surface area contributed by atoms with Crippen molar-refractivity contribution in [1.82, 2.24) is 5.32 Å². The van der Waals surface area contributed by atoms with Gasteiger partial charge in [0.05, 0.1) is 37.1 Å². The van der Waals surface area contributed by atoms with Gasteiger partial charge in [-0.1, -0.05) is 12.1 Å². The molecule has 1 unspecified atom stereocenters. The van der Waals surface area contributed by atoms with Crippen LogP contribution in [0.3, 0.4) is 0 Å². The van der Waals surface area contributed by atoms with E-state index in [1.165, 1.54) is 32.4 Å². The van der Waals surface area contributed by atoms with Crippen molar-refractivity contribution in [2.24, 2.45) is 0 Å². The zero-order valence-corrected chi connectivity index (χ0v) is 17.8. The standard InChI is InChI=1S/C19H23N3O7S/c1-13(14-8-9-17(28-2)18(10-14)29-3)20-19(23)12-21(30(4,26)27)15-6-5-7-16(11-15)22(24)25/h5-11,13H,12H2,1-4H3,(H,20,23). The molecule has 0 bridgehead atoms. The van der Waals surface area contributed by atoms with Gasteiger partial charge in [0.15, 0.2) is 11.5 Å². The van der Waals surface area contributed by atoms with E-state index in [-0.39, 0.29) is 11.4 Å². The minimum Gasteiger partial charge on any atom is -0.493 e. The fourth-order valence-corrected chi connectivity index (χ4v) is 3.63. The smallest absolute Gasteiger partial charge is 0.271 e. The molecule has 1 N–H and O–H groups in total. The molecule has 0 heterocycles. The number of hydrogen-bond acceptors (Lipinski definition) is 7. The van der Waals surface area contributed by atoms with Crippen LogP contribution in [0.25, 0.3) is 0 Å². The summed E-state index contributed by atoms with van der Waals surface area (Å²) in [7, 11) is -0.858. The number of carbonyl (C=O) groups excluding carboxylic acids is 1. The van der Waals surface area contributed by atoms with Crippen molar-refractivity contribution in [2.75, 3.05) is 31.3 Å². The highest BCUT2D eigenvalue weighted by Crippen LogP contribution is 2.30. The number of benzene rings is 2. The van der Waals surface area contributed by atoms with Gasteiger partial charge in [-0.3, -0.25) is 19.2 Å². The fourth-order valence-electron chi connectivity index (χ4n) is 2.78. The number of methoxy groups -OCH3 is 2. The first kappa shape index (κ1) is 22.9. The molecule has 2 rings (SSSR count). The third kappa shape index (κ3) is 5.60. The molecule has 162 valence electrons. The summed E-state index contributed by atoms with van der Waals surface area (Å²) >= 11 is 0. The first-order chi connectivity index (χ1) is 14.1. The van der Waals surface area contributed by atoms with Gasteiger partial charge in [0.1, 0.15) is 6.54 Å². The molecule has 0 aliphatic rings. The Morgan fingerprint density at radius 1 is 1.17 bits per heavy atom. The van der Waals surface area contributed by atoms with Crippen molar-refractivity contribution >= 4 is 27.3 Å². The number of nitro groups is 1. The summed E-state index contributed by atoms with van der Waals surface area (Å²) in [5, 5.41) is 13.7. The molecule has 0 saturated heterocycles. The molecule has 2 aromatic rings. The largest absolute Gasteiger partial charge is 0.493 e. The number of hydrogen-bond donors (Lipinski definition) is 1. The summed E-state index contributed by atoms with van der Waals surface area (Å²) in [6.45, 7) is 1.20.